The second-order valence-corrected chi connectivity index (χ2v) is 4.57. The van der Waals surface area contributed by atoms with E-state index >= 15 is 0 Å². The fraction of sp³-hybridized carbons (Fsp3) is 0.154. The Morgan fingerprint density at radius 2 is 2.06 bits per heavy atom. The number of methoxy groups -OCH3 is 1. The third-order valence-corrected chi connectivity index (χ3v) is 3.39. The van der Waals surface area contributed by atoms with Crippen LogP contribution in [0.15, 0.2) is 41.8 Å². The zero-order valence-corrected chi connectivity index (χ0v) is 10.3. The monoisotopic (exact) mass is 268 g/mol. The first-order valence-electron chi connectivity index (χ1n) is 5.16. The summed E-state index contributed by atoms with van der Waals surface area (Å²) in [7, 11) is 0.944. The molecule has 1 aromatic heterocycles. The average Bonchev–Trinajstić information content (AvgIpc) is 2.91. The number of hydrogen-bond donors (Lipinski definition) is 0. The standard InChI is InChI=1S/C13H10F2O2S/c1-17-12(16)13(14,15)10-5-2-4-9(8-10)11-6-3-7-18-11/h2-8H,1H3. The molecule has 1 aromatic carbocycles. The van der Waals surface area contributed by atoms with Crippen LogP contribution in [0, 0.1) is 0 Å². The number of hydrogen-bond acceptors (Lipinski definition) is 3. The van der Waals surface area contributed by atoms with Crippen LogP contribution in [-0.2, 0) is 15.5 Å². The molecule has 2 aromatic rings. The molecule has 0 aliphatic rings. The van der Waals surface area contributed by atoms with Gasteiger partial charge in [-0.1, -0.05) is 24.3 Å². The van der Waals surface area contributed by atoms with Crippen molar-refractivity contribution < 1.29 is 18.3 Å². The number of carbonyl (C=O) groups is 1. The Morgan fingerprint density at radius 3 is 2.67 bits per heavy atom. The molecule has 94 valence electrons. The zero-order chi connectivity index (χ0) is 13.2. The van der Waals surface area contributed by atoms with E-state index in [2.05, 4.69) is 4.74 Å². The zero-order valence-electron chi connectivity index (χ0n) is 9.52. The first-order valence-corrected chi connectivity index (χ1v) is 6.04. The number of alkyl halides is 2. The van der Waals surface area contributed by atoms with Crippen molar-refractivity contribution in [3.05, 3.63) is 47.3 Å². The van der Waals surface area contributed by atoms with Gasteiger partial charge in [0, 0.05) is 10.4 Å². The van der Waals surface area contributed by atoms with Crippen molar-refractivity contribution in [2.24, 2.45) is 0 Å². The number of halogens is 2. The minimum Gasteiger partial charge on any atom is -0.464 e. The molecule has 18 heavy (non-hydrogen) atoms. The van der Waals surface area contributed by atoms with Gasteiger partial charge in [0.05, 0.1) is 7.11 Å². The maximum absolute atomic E-state index is 13.7. The van der Waals surface area contributed by atoms with E-state index in [1.54, 1.807) is 6.07 Å². The average molecular weight is 268 g/mol. The van der Waals surface area contributed by atoms with E-state index in [9.17, 15) is 13.6 Å². The molecule has 0 aliphatic heterocycles. The summed E-state index contributed by atoms with van der Waals surface area (Å²) in [6, 6.07) is 9.42. The van der Waals surface area contributed by atoms with E-state index in [0.29, 0.717) is 5.56 Å². The summed E-state index contributed by atoms with van der Waals surface area (Å²) < 4.78 is 31.5. The quantitative estimate of drug-likeness (QED) is 0.794. The Morgan fingerprint density at radius 1 is 1.28 bits per heavy atom. The van der Waals surface area contributed by atoms with Gasteiger partial charge in [-0.3, -0.25) is 0 Å². The minimum absolute atomic E-state index is 0.361. The van der Waals surface area contributed by atoms with Crippen molar-refractivity contribution in [1.29, 1.82) is 0 Å². The lowest BCUT2D eigenvalue weighted by Crippen LogP contribution is -2.27. The van der Waals surface area contributed by atoms with Gasteiger partial charge >= 0.3 is 11.9 Å². The van der Waals surface area contributed by atoms with Gasteiger partial charge in [0.15, 0.2) is 0 Å². The highest BCUT2D eigenvalue weighted by atomic mass is 32.1. The first kappa shape index (κ1) is 12.7. The molecule has 0 saturated carbocycles. The van der Waals surface area contributed by atoms with Crippen LogP contribution in [0.1, 0.15) is 5.56 Å². The van der Waals surface area contributed by atoms with Gasteiger partial charge in [-0.15, -0.1) is 11.3 Å². The van der Waals surface area contributed by atoms with Gasteiger partial charge < -0.3 is 4.74 Å². The lowest BCUT2D eigenvalue weighted by Gasteiger charge is -2.14. The molecule has 5 heteroatoms. The van der Waals surface area contributed by atoms with Crippen LogP contribution in [0.5, 0.6) is 0 Å². The fourth-order valence-corrected chi connectivity index (χ4v) is 2.28. The molecule has 0 aliphatic carbocycles. The highest BCUT2D eigenvalue weighted by Gasteiger charge is 2.42. The molecule has 0 fully saturated rings. The molecule has 0 unspecified atom stereocenters. The summed E-state index contributed by atoms with van der Waals surface area (Å²) >= 11 is 1.45. The molecular weight excluding hydrogens is 258 g/mol. The second-order valence-electron chi connectivity index (χ2n) is 3.62. The van der Waals surface area contributed by atoms with Gasteiger partial charge in [-0.05, 0) is 23.1 Å². The third kappa shape index (κ3) is 2.26. The highest BCUT2D eigenvalue weighted by Crippen LogP contribution is 2.33. The predicted molar refractivity (Wildman–Crippen MR) is 65.7 cm³/mol. The summed E-state index contributed by atoms with van der Waals surface area (Å²) in [5.41, 5.74) is 0.298. The number of esters is 1. The van der Waals surface area contributed by atoms with Crippen molar-refractivity contribution in [2.75, 3.05) is 7.11 Å². The molecule has 2 nitrogen and oxygen atoms in total. The van der Waals surface area contributed by atoms with E-state index in [4.69, 9.17) is 0 Å². The smallest absolute Gasteiger partial charge is 0.381 e. The molecule has 0 saturated heterocycles. The number of carbonyl (C=O) groups excluding carboxylic acids is 1. The Labute approximate surface area is 107 Å². The summed E-state index contributed by atoms with van der Waals surface area (Å²) in [5.74, 6) is -5.17. The molecule has 0 atom stereocenters. The van der Waals surface area contributed by atoms with Crippen molar-refractivity contribution >= 4 is 17.3 Å². The van der Waals surface area contributed by atoms with Crippen LogP contribution in [0.25, 0.3) is 10.4 Å². The predicted octanol–water partition coefficient (Wildman–Crippen LogP) is 3.68. The van der Waals surface area contributed by atoms with Gasteiger partial charge in [-0.2, -0.15) is 8.78 Å². The SMILES string of the molecule is COC(=O)C(F)(F)c1cccc(-c2cccs2)c1. The van der Waals surface area contributed by atoms with Gasteiger partial charge in [0.2, 0.25) is 0 Å². The number of benzene rings is 1. The van der Waals surface area contributed by atoms with Gasteiger partial charge in [-0.25, -0.2) is 4.79 Å². The van der Waals surface area contributed by atoms with Crippen LogP contribution in [0.2, 0.25) is 0 Å². The van der Waals surface area contributed by atoms with Crippen LogP contribution >= 0.6 is 11.3 Å². The van der Waals surface area contributed by atoms with E-state index in [-0.39, 0.29) is 5.56 Å². The Balaban J connectivity index is 2.42. The topological polar surface area (TPSA) is 26.3 Å². The summed E-state index contributed by atoms with van der Waals surface area (Å²) in [5, 5.41) is 1.86. The fourth-order valence-electron chi connectivity index (χ4n) is 1.56. The van der Waals surface area contributed by atoms with E-state index < -0.39 is 11.9 Å². The van der Waals surface area contributed by atoms with Gasteiger partial charge in [0.25, 0.3) is 0 Å². The van der Waals surface area contributed by atoms with Crippen LogP contribution < -0.4 is 0 Å². The second kappa shape index (κ2) is 4.86. The summed E-state index contributed by atoms with van der Waals surface area (Å²) in [6.45, 7) is 0. The minimum atomic E-state index is -3.62. The van der Waals surface area contributed by atoms with E-state index in [1.165, 1.54) is 29.5 Å². The molecular formula is C13H10F2O2S. The lowest BCUT2D eigenvalue weighted by atomic mass is 10.0. The Bertz CT molecular complexity index is 550. The maximum Gasteiger partial charge on any atom is 0.381 e. The van der Waals surface area contributed by atoms with Crippen molar-refractivity contribution in [3.63, 3.8) is 0 Å². The first-order chi connectivity index (χ1) is 8.55. The summed E-state index contributed by atoms with van der Waals surface area (Å²) in [6.07, 6.45) is 0. The number of rotatable bonds is 3. The lowest BCUT2D eigenvalue weighted by molar-refractivity contribution is -0.170. The number of thiophene rings is 1. The van der Waals surface area contributed by atoms with Crippen molar-refractivity contribution in [3.8, 4) is 10.4 Å². The Hall–Kier alpha value is -1.75. The van der Waals surface area contributed by atoms with Gasteiger partial charge in [0.1, 0.15) is 0 Å². The molecule has 0 spiro atoms. The largest absolute Gasteiger partial charge is 0.464 e. The van der Waals surface area contributed by atoms with Crippen molar-refractivity contribution in [2.45, 2.75) is 5.92 Å². The maximum atomic E-state index is 13.7. The molecule has 2 rings (SSSR count). The summed E-state index contributed by atoms with van der Waals surface area (Å²) in [4.78, 5) is 11.9. The Kier molecular flexibility index (Phi) is 3.43. The normalized spacial score (nSPS) is 11.3. The van der Waals surface area contributed by atoms with Crippen LogP contribution in [-0.4, -0.2) is 13.1 Å². The molecule has 1 heterocycles. The van der Waals surface area contributed by atoms with E-state index in [1.807, 2.05) is 17.5 Å². The molecule has 0 N–H and O–H groups in total. The molecule has 0 radical (unpaired) electrons. The van der Waals surface area contributed by atoms with Crippen molar-refractivity contribution in [1.82, 2.24) is 0 Å². The van der Waals surface area contributed by atoms with Crippen LogP contribution in [0.4, 0.5) is 8.78 Å². The number of ether oxygens (including phenoxy) is 1. The molecule has 0 amide bonds. The molecule has 0 bridgehead atoms. The highest BCUT2D eigenvalue weighted by molar-refractivity contribution is 7.13. The third-order valence-electron chi connectivity index (χ3n) is 2.47. The van der Waals surface area contributed by atoms with E-state index in [0.717, 1.165) is 12.0 Å². The van der Waals surface area contributed by atoms with Crippen LogP contribution in [0.3, 0.4) is 0 Å².